The Bertz CT molecular complexity index is 183. The van der Waals surface area contributed by atoms with E-state index < -0.39 is 0 Å². The highest BCUT2D eigenvalue weighted by molar-refractivity contribution is 5.83. The third-order valence-electron chi connectivity index (χ3n) is 1.79. The number of nitrogens with zero attached hydrogens (tertiary/aromatic N) is 1. The van der Waals surface area contributed by atoms with Crippen molar-refractivity contribution in [2.75, 3.05) is 13.7 Å². The SMILES string of the molecule is COCC(C)C(=O)C(C)CC#N. The molecule has 68 valence electrons. The predicted molar refractivity (Wildman–Crippen MR) is 45.4 cm³/mol. The van der Waals surface area contributed by atoms with Gasteiger partial charge in [0.25, 0.3) is 0 Å². The minimum Gasteiger partial charge on any atom is -0.384 e. The maximum atomic E-state index is 11.4. The first-order valence-corrected chi connectivity index (χ1v) is 4.03. The number of Topliss-reactive ketones (excluding diaryl/α,β-unsaturated/α-hetero) is 1. The Kier molecular flexibility index (Phi) is 5.31. The molecular weight excluding hydrogens is 154 g/mol. The van der Waals surface area contributed by atoms with Crippen molar-refractivity contribution in [2.24, 2.45) is 11.8 Å². The van der Waals surface area contributed by atoms with Crippen molar-refractivity contribution in [3.8, 4) is 6.07 Å². The van der Waals surface area contributed by atoms with Crippen LogP contribution in [0.2, 0.25) is 0 Å². The molecule has 2 atom stereocenters. The molecule has 0 heterocycles. The summed E-state index contributed by atoms with van der Waals surface area (Å²) < 4.78 is 4.85. The quantitative estimate of drug-likeness (QED) is 0.624. The van der Waals surface area contributed by atoms with Crippen LogP contribution in [0.15, 0.2) is 0 Å². The topological polar surface area (TPSA) is 50.1 Å². The minimum atomic E-state index is -0.167. The summed E-state index contributed by atoms with van der Waals surface area (Å²) in [5, 5.41) is 8.36. The van der Waals surface area contributed by atoms with E-state index in [2.05, 4.69) is 0 Å². The molecule has 2 unspecified atom stereocenters. The van der Waals surface area contributed by atoms with Gasteiger partial charge in [0.05, 0.1) is 12.7 Å². The molecule has 0 aromatic rings. The number of hydrogen-bond acceptors (Lipinski definition) is 3. The molecule has 12 heavy (non-hydrogen) atoms. The fourth-order valence-corrected chi connectivity index (χ4v) is 1.06. The molecule has 0 N–H and O–H groups in total. The second-order valence-corrected chi connectivity index (χ2v) is 3.02. The van der Waals surface area contributed by atoms with Crippen LogP contribution in [0.5, 0.6) is 0 Å². The van der Waals surface area contributed by atoms with Crippen LogP contribution in [-0.4, -0.2) is 19.5 Å². The number of nitriles is 1. The number of carbonyl (C=O) groups is 1. The average Bonchev–Trinajstić information content (AvgIpc) is 2.04. The molecule has 0 aliphatic rings. The first-order chi connectivity index (χ1) is 5.63. The lowest BCUT2D eigenvalue weighted by Gasteiger charge is -2.12. The Hall–Kier alpha value is -0.880. The Morgan fingerprint density at radius 2 is 2.08 bits per heavy atom. The first kappa shape index (κ1) is 11.1. The molecule has 0 aliphatic heterocycles. The second-order valence-electron chi connectivity index (χ2n) is 3.02. The van der Waals surface area contributed by atoms with Gasteiger partial charge in [-0.15, -0.1) is 0 Å². The number of ketones is 1. The molecule has 0 amide bonds. The van der Waals surface area contributed by atoms with E-state index in [9.17, 15) is 4.79 Å². The zero-order valence-electron chi connectivity index (χ0n) is 7.83. The van der Waals surface area contributed by atoms with Crippen molar-refractivity contribution < 1.29 is 9.53 Å². The van der Waals surface area contributed by atoms with Crippen molar-refractivity contribution in [2.45, 2.75) is 20.3 Å². The molecule has 0 saturated heterocycles. The highest BCUT2D eigenvalue weighted by Gasteiger charge is 2.19. The Morgan fingerprint density at radius 1 is 1.50 bits per heavy atom. The van der Waals surface area contributed by atoms with Crippen LogP contribution in [0.4, 0.5) is 0 Å². The van der Waals surface area contributed by atoms with Crippen molar-refractivity contribution in [1.82, 2.24) is 0 Å². The van der Waals surface area contributed by atoms with Crippen LogP contribution in [0, 0.1) is 23.2 Å². The van der Waals surface area contributed by atoms with Gasteiger partial charge in [-0.1, -0.05) is 13.8 Å². The maximum Gasteiger partial charge on any atom is 0.141 e. The van der Waals surface area contributed by atoms with Gasteiger partial charge in [0.2, 0.25) is 0 Å². The summed E-state index contributed by atoms with van der Waals surface area (Å²) in [4.78, 5) is 11.4. The maximum absolute atomic E-state index is 11.4. The molecule has 0 bridgehead atoms. The van der Waals surface area contributed by atoms with Gasteiger partial charge < -0.3 is 4.74 Å². The summed E-state index contributed by atoms with van der Waals surface area (Å²) in [5.41, 5.74) is 0. The summed E-state index contributed by atoms with van der Waals surface area (Å²) in [5.74, 6) is -0.156. The molecule has 0 radical (unpaired) electrons. The first-order valence-electron chi connectivity index (χ1n) is 4.03. The summed E-state index contributed by atoms with van der Waals surface area (Å²) in [6.45, 7) is 4.03. The van der Waals surface area contributed by atoms with Crippen molar-refractivity contribution in [3.63, 3.8) is 0 Å². The van der Waals surface area contributed by atoms with E-state index in [0.29, 0.717) is 13.0 Å². The van der Waals surface area contributed by atoms with Crippen molar-refractivity contribution in [3.05, 3.63) is 0 Å². The molecule has 0 aromatic heterocycles. The fraction of sp³-hybridized carbons (Fsp3) is 0.778. The standard InChI is InChI=1S/C9H15NO2/c1-7(4-5-10)9(11)8(2)6-12-3/h7-8H,4,6H2,1-3H3. The van der Waals surface area contributed by atoms with E-state index in [4.69, 9.17) is 10.00 Å². The summed E-state index contributed by atoms with van der Waals surface area (Å²) in [6, 6.07) is 1.98. The molecule has 3 nitrogen and oxygen atoms in total. The van der Waals surface area contributed by atoms with Gasteiger partial charge in [-0.3, -0.25) is 4.79 Å². The van der Waals surface area contributed by atoms with E-state index in [1.807, 2.05) is 13.0 Å². The zero-order valence-corrected chi connectivity index (χ0v) is 7.83. The molecular formula is C9H15NO2. The molecule has 0 aliphatic carbocycles. The van der Waals surface area contributed by atoms with Crippen molar-refractivity contribution >= 4 is 5.78 Å². The number of rotatable bonds is 5. The predicted octanol–water partition coefficient (Wildman–Crippen LogP) is 1.39. The summed E-state index contributed by atoms with van der Waals surface area (Å²) in [6.07, 6.45) is 0.298. The normalized spacial score (nSPS) is 14.8. The molecule has 3 heteroatoms. The zero-order chi connectivity index (χ0) is 9.56. The van der Waals surface area contributed by atoms with E-state index in [0.717, 1.165) is 0 Å². The summed E-state index contributed by atoms with van der Waals surface area (Å²) >= 11 is 0. The molecule has 0 aromatic carbocycles. The lowest BCUT2D eigenvalue weighted by Crippen LogP contribution is -2.22. The molecule has 0 spiro atoms. The minimum absolute atomic E-state index is 0.0988. The number of ether oxygens (including phenoxy) is 1. The van der Waals surface area contributed by atoms with Gasteiger partial charge in [0.15, 0.2) is 0 Å². The van der Waals surface area contributed by atoms with Crippen LogP contribution >= 0.6 is 0 Å². The number of hydrogen-bond donors (Lipinski definition) is 0. The number of carbonyl (C=O) groups excluding carboxylic acids is 1. The van der Waals surface area contributed by atoms with Crippen LogP contribution in [0.1, 0.15) is 20.3 Å². The number of methoxy groups -OCH3 is 1. The van der Waals surface area contributed by atoms with Gasteiger partial charge in [0.1, 0.15) is 5.78 Å². The smallest absolute Gasteiger partial charge is 0.141 e. The van der Waals surface area contributed by atoms with Gasteiger partial charge in [-0.2, -0.15) is 5.26 Å². The van der Waals surface area contributed by atoms with Crippen LogP contribution in [0.3, 0.4) is 0 Å². The average molecular weight is 169 g/mol. The van der Waals surface area contributed by atoms with E-state index in [1.54, 1.807) is 14.0 Å². The van der Waals surface area contributed by atoms with Gasteiger partial charge in [-0.05, 0) is 0 Å². The van der Waals surface area contributed by atoms with E-state index >= 15 is 0 Å². The van der Waals surface area contributed by atoms with Crippen LogP contribution < -0.4 is 0 Å². The van der Waals surface area contributed by atoms with Crippen LogP contribution in [0.25, 0.3) is 0 Å². The molecule has 0 saturated carbocycles. The van der Waals surface area contributed by atoms with E-state index in [1.165, 1.54) is 0 Å². The van der Waals surface area contributed by atoms with Crippen LogP contribution in [-0.2, 0) is 9.53 Å². The Labute approximate surface area is 73.3 Å². The largest absolute Gasteiger partial charge is 0.384 e. The molecule has 0 rings (SSSR count). The monoisotopic (exact) mass is 169 g/mol. The third kappa shape index (κ3) is 3.49. The lowest BCUT2D eigenvalue weighted by molar-refractivity contribution is -0.127. The highest BCUT2D eigenvalue weighted by atomic mass is 16.5. The lowest BCUT2D eigenvalue weighted by atomic mass is 9.94. The molecule has 0 fully saturated rings. The second kappa shape index (κ2) is 5.73. The highest BCUT2D eigenvalue weighted by Crippen LogP contribution is 2.10. The third-order valence-corrected chi connectivity index (χ3v) is 1.79. The summed E-state index contributed by atoms with van der Waals surface area (Å²) in [7, 11) is 1.57. The van der Waals surface area contributed by atoms with Gasteiger partial charge in [0, 0.05) is 25.4 Å². The van der Waals surface area contributed by atoms with Gasteiger partial charge in [-0.25, -0.2) is 0 Å². The Balaban J connectivity index is 3.93. The van der Waals surface area contributed by atoms with Crippen molar-refractivity contribution in [1.29, 1.82) is 5.26 Å². The Morgan fingerprint density at radius 3 is 2.50 bits per heavy atom. The van der Waals surface area contributed by atoms with E-state index in [-0.39, 0.29) is 17.6 Å². The fourth-order valence-electron chi connectivity index (χ4n) is 1.06. The van der Waals surface area contributed by atoms with Gasteiger partial charge >= 0.3 is 0 Å².